The van der Waals surface area contributed by atoms with E-state index in [0.29, 0.717) is 16.6 Å². The van der Waals surface area contributed by atoms with Crippen LogP contribution < -0.4 is 0 Å². The lowest BCUT2D eigenvalue weighted by Gasteiger charge is -2.13. The molecule has 2 nitrogen and oxygen atoms in total. The van der Waals surface area contributed by atoms with Gasteiger partial charge in [0.25, 0.3) is 6.43 Å². The van der Waals surface area contributed by atoms with Gasteiger partial charge in [0.1, 0.15) is 6.10 Å². The molecule has 84 valence electrons. The molecule has 1 aromatic carbocycles. The lowest BCUT2D eigenvalue weighted by molar-refractivity contribution is -0.00499. The Balaban J connectivity index is 2.67. The summed E-state index contributed by atoms with van der Waals surface area (Å²) in [6, 6.07) is 8.44. The van der Waals surface area contributed by atoms with Gasteiger partial charge in [-0.2, -0.15) is 0 Å². The van der Waals surface area contributed by atoms with E-state index in [1.54, 1.807) is 31.2 Å². The summed E-state index contributed by atoms with van der Waals surface area (Å²) in [6.45, 7) is 1.72. The first-order chi connectivity index (χ1) is 7.59. The van der Waals surface area contributed by atoms with Crippen LogP contribution in [0.15, 0.2) is 30.3 Å². The van der Waals surface area contributed by atoms with Crippen molar-refractivity contribution in [1.29, 1.82) is 0 Å². The minimum Gasteiger partial charge on any atom is -0.382 e. The lowest BCUT2D eigenvalue weighted by Crippen LogP contribution is -2.09. The number of hydrogen-bond acceptors (Lipinski definition) is 2. The van der Waals surface area contributed by atoms with Crippen molar-refractivity contribution >= 4 is 10.9 Å². The Kier molecular flexibility index (Phi) is 2.83. The number of aliphatic hydroxyl groups is 1. The molecule has 1 heterocycles. The summed E-state index contributed by atoms with van der Waals surface area (Å²) >= 11 is 0. The Labute approximate surface area is 91.6 Å². The first-order valence-electron chi connectivity index (χ1n) is 4.92. The van der Waals surface area contributed by atoms with Crippen LogP contribution in [-0.2, 0) is 0 Å². The Morgan fingerprint density at radius 3 is 2.62 bits per heavy atom. The Bertz CT molecular complexity index is 513. The Morgan fingerprint density at radius 2 is 1.94 bits per heavy atom. The monoisotopic (exact) mass is 223 g/mol. The van der Waals surface area contributed by atoms with Crippen LogP contribution in [0.2, 0.25) is 0 Å². The molecule has 1 aromatic heterocycles. The number of aromatic nitrogens is 1. The van der Waals surface area contributed by atoms with E-state index >= 15 is 0 Å². The predicted molar refractivity (Wildman–Crippen MR) is 57.4 cm³/mol. The van der Waals surface area contributed by atoms with Crippen LogP contribution >= 0.6 is 0 Å². The topological polar surface area (TPSA) is 33.1 Å². The number of rotatable bonds is 2. The van der Waals surface area contributed by atoms with Gasteiger partial charge in [-0.05, 0) is 24.6 Å². The number of halogens is 2. The van der Waals surface area contributed by atoms with Crippen molar-refractivity contribution in [3.63, 3.8) is 0 Å². The zero-order chi connectivity index (χ0) is 11.7. The first-order valence-corrected chi connectivity index (χ1v) is 4.92. The number of fused-ring (bicyclic) bond motifs is 1. The van der Waals surface area contributed by atoms with Crippen LogP contribution in [-0.4, -0.2) is 16.5 Å². The number of alkyl halides is 2. The van der Waals surface area contributed by atoms with E-state index in [-0.39, 0.29) is 5.56 Å². The first kappa shape index (κ1) is 11.0. The minimum atomic E-state index is -2.79. The summed E-state index contributed by atoms with van der Waals surface area (Å²) in [5, 5.41) is 10.0. The molecule has 0 saturated heterocycles. The summed E-state index contributed by atoms with van der Waals surface area (Å²) in [6.07, 6.45) is -4.54. The number of para-hydroxylation sites is 1. The van der Waals surface area contributed by atoms with Gasteiger partial charge in [-0.25, -0.2) is 8.78 Å². The molecule has 1 unspecified atom stereocenters. The number of nitrogens with zero attached hydrogens (tertiary/aromatic N) is 1. The highest BCUT2D eigenvalue weighted by molar-refractivity contribution is 5.82. The molecule has 0 aliphatic carbocycles. The third-order valence-corrected chi connectivity index (χ3v) is 2.43. The van der Waals surface area contributed by atoms with Crippen molar-refractivity contribution < 1.29 is 13.9 Å². The molecule has 0 saturated carbocycles. The second-order valence-corrected chi connectivity index (χ2v) is 3.65. The Hall–Kier alpha value is -1.55. The molecule has 1 atom stereocenters. The summed E-state index contributed by atoms with van der Waals surface area (Å²) in [5.41, 5.74) is 1.48. The van der Waals surface area contributed by atoms with Crippen LogP contribution in [0.4, 0.5) is 8.78 Å². The van der Waals surface area contributed by atoms with Crippen LogP contribution in [0.3, 0.4) is 0 Å². The quantitative estimate of drug-likeness (QED) is 0.849. The van der Waals surface area contributed by atoms with Gasteiger partial charge in [0.15, 0.2) is 0 Å². The fourth-order valence-electron chi connectivity index (χ4n) is 1.72. The highest BCUT2D eigenvalue weighted by atomic mass is 19.3. The fourth-order valence-corrected chi connectivity index (χ4v) is 1.72. The molecule has 0 fully saturated rings. The Morgan fingerprint density at radius 1 is 1.25 bits per heavy atom. The molecule has 1 N–H and O–H groups in total. The molecule has 16 heavy (non-hydrogen) atoms. The van der Waals surface area contributed by atoms with E-state index in [1.165, 1.54) is 6.07 Å². The number of aliphatic hydroxyl groups excluding tert-OH is 1. The van der Waals surface area contributed by atoms with Gasteiger partial charge < -0.3 is 5.11 Å². The van der Waals surface area contributed by atoms with Gasteiger partial charge in [0.05, 0.1) is 5.52 Å². The van der Waals surface area contributed by atoms with Gasteiger partial charge >= 0.3 is 0 Å². The van der Waals surface area contributed by atoms with Gasteiger partial charge in [-0.1, -0.05) is 18.2 Å². The van der Waals surface area contributed by atoms with Gasteiger partial charge in [0.2, 0.25) is 0 Å². The van der Waals surface area contributed by atoms with Crippen molar-refractivity contribution in [2.24, 2.45) is 0 Å². The van der Waals surface area contributed by atoms with Gasteiger partial charge in [0, 0.05) is 11.1 Å². The van der Waals surface area contributed by atoms with Crippen LogP contribution in [0.1, 0.15) is 17.4 Å². The maximum atomic E-state index is 12.5. The second-order valence-electron chi connectivity index (χ2n) is 3.65. The normalized spacial score (nSPS) is 13.3. The molecule has 2 aromatic rings. The van der Waals surface area contributed by atoms with E-state index in [4.69, 9.17) is 0 Å². The summed E-state index contributed by atoms with van der Waals surface area (Å²) < 4.78 is 25.0. The van der Waals surface area contributed by atoms with Crippen LogP contribution in [0.25, 0.3) is 10.9 Å². The maximum Gasteiger partial charge on any atom is 0.268 e. The van der Waals surface area contributed by atoms with Gasteiger partial charge in [-0.15, -0.1) is 0 Å². The average Bonchev–Trinajstić information content (AvgIpc) is 2.26. The molecular weight excluding hydrogens is 212 g/mol. The molecule has 0 bridgehead atoms. The van der Waals surface area contributed by atoms with E-state index < -0.39 is 12.5 Å². The van der Waals surface area contributed by atoms with E-state index in [0.717, 1.165) is 0 Å². The molecule has 4 heteroatoms. The third-order valence-electron chi connectivity index (χ3n) is 2.43. The van der Waals surface area contributed by atoms with Crippen molar-refractivity contribution in [3.8, 4) is 0 Å². The molecule has 0 aliphatic heterocycles. The summed E-state index contributed by atoms with van der Waals surface area (Å²) in [5.74, 6) is 0. The highest BCUT2D eigenvalue weighted by Gasteiger charge is 2.21. The number of benzene rings is 1. The number of pyridine rings is 1. The minimum absolute atomic E-state index is 0.234. The standard InChI is InChI=1S/C12H11F2NO/c1-7-6-9(11(16)12(13)14)8-4-2-3-5-10(8)15-7/h2-6,11-12,16H,1H3. The second kappa shape index (κ2) is 4.14. The van der Waals surface area contributed by atoms with Crippen molar-refractivity contribution in [2.45, 2.75) is 19.5 Å². The molecule has 0 amide bonds. The molecule has 0 aliphatic rings. The van der Waals surface area contributed by atoms with Crippen LogP contribution in [0.5, 0.6) is 0 Å². The van der Waals surface area contributed by atoms with Crippen molar-refractivity contribution in [2.75, 3.05) is 0 Å². The molecular formula is C12H11F2NO. The number of hydrogen-bond donors (Lipinski definition) is 1. The van der Waals surface area contributed by atoms with Crippen molar-refractivity contribution in [1.82, 2.24) is 4.98 Å². The maximum absolute atomic E-state index is 12.5. The van der Waals surface area contributed by atoms with E-state index in [1.807, 2.05) is 0 Å². The summed E-state index contributed by atoms with van der Waals surface area (Å²) in [7, 11) is 0. The number of aryl methyl sites for hydroxylation is 1. The van der Waals surface area contributed by atoms with Gasteiger partial charge in [-0.3, -0.25) is 4.98 Å². The molecule has 0 radical (unpaired) electrons. The molecule has 2 rings (SSSR count). The zero-order valence-corrected chi connectivity index (χ0v) is 8.69. The largest absolute Gasteiger partial charge is 0.382 e. The van der Waals surface area contributed by atoms with Crippen molar-refractivity contribution in [3.05, 3.63) is 41.6 Å². The molecule has 0 spiro atoms. The SMILES string of the molecule is Cc1cc(C(O)C(F)F)c2ccccc2n1. The van der Waals surface area contributed by atoms with E-state index in [2.05, 4.69) is 4.98 Å². The highest BCUT2D eigenvalue weighted by Crippen LogP contribution is 2.27. The predicted octanol–water partition coefficient (Wildman–Crippen LogP) is 2.84. The third kappa shape index (κ3) is 1.88. The zero-order valence-electron chi connectivity index (χ0n) is 8.69. The summed E-state index contributed by atoms with van der Waals surface area (Å²) in [4.78, 5) is 4.22. The smallest absolute Gasteiger partial charge is 0.268 e. The fraction of sp³-hybridized carbons (Fsp3) is 0.250. The van der Waals surface area contributed by atoms with E-state index in [9.17, 15) is 13.9 Å². The van der Waals surface area contributed by atoms with Crippen LogP contribution in [0, 0.1) is 6.92 Å². The lowest BCUT2D eigenvalue weighted by atomic mass is 10.0. The average molecular weight is 223 g/mol.